The maximum absolute atomic E-state index is 11.5. The highest BCUT2D eigenvalue weighted by atomic mass is 32.2. The molecule has 0 spiro atoms. The molecule has 18 heavy (non-hydrogen) atoms. The van der Waals surface area contributed by atoms with E-state index in [1.807, 2.05) is 26.8 Å². The third kappa shape index (κ3) is 3.91. The lowest BCUT2D eigenvalue weighted by Gasteiger charge is -2.17. The van der Waals surface area contributed by atoms with Crippen molar-refractivity contribution in [1.82, 2.24) is 0 Å². The topological polar surface area (TPSA) is 66.4 Å². The van der Waals surface area contributed by atoms with Gasteiger partial charge in [0.2, 0.25) is 0 Å². The van der Waals surface area contributed by atoms with Gasteiger partial charge in [-0.1, -0.05) is 6.92 Å². The van der Waals surface area contributed by atoms with Crippen LogP contribution in [-0.4, -0.2) is 31.1 Å². The van der Waals surface area contributed by atoms with Gasteiger partial charge in [0.1, 0.15) is 5.75 Å². The van der Waals surface area contributed by atoms with E-state index in [1.165, 1.54) is 0 Å². The fourth-order valence-corrected chi connectivity index (χ4v) is 2.84. The van der Waals surface area contributed by atoms with Crippen LogP contribution in [0.3, 0.4) is 0 Å². The first-order valence-corrected chi connectivity index (χ1v) is 7.84. The second kappa shape index (κ2) is 5.61. The van der Waals surface area contributed by atoms with E-state index in [9.17, 15) is 13.5 Å². The fourth-order valence-electron chi connectivity index (χ4n) is 1.76. The van der Waals surface area contributed by atoms with Crippen molar-refractivity contribution in [3.05, 3.63) is 23.3 Å². The highest BCUT2D eigenvalue weighted by Gasteiger charge is 2.14. The number of hydrogen-bond acceptors (Lipinski definition) is 4. The minimum absolute atomic E-state index is 0.114. The molecule has 1 unspecified atom stereocenters. The quantitative estimate of drug-likeness (QED) is 0.806. The van der Waals surface area contributed by atoms with Gasteiger partial charge in [-0.2, -0.15) is 0 Å². The van der Waals surface area contributed by atoms with Crippen LogP contribution in [0.4, 0.5) is 5.69 Å². The number of phenolic OH excluding ortho intramolecular Hbond substituents is 1. The van der Waals surface area contributed by atoms with Crippen LogP contribution < -0.4 is 5.32 Å². The van der Waals surface area contributed by atoms with Crippen LogP contribution in [0.1, 0.15) is 25.0 Å². The van der Waals surface area contributed by atoms with Crippen molar-refractivity contribution in [3.63, 3.8) is 0 Å². The zero-order valence-corrected chi connectivity index (χ0v) is 12.1. The highest BCUT2D eigenvalue weighted by Crippen LogP contribution is 2.25. The van der Waals surface area contributed by atoms with Crippen molar-refractivity contribution in [1.29, 1.82) is 0 Å². The summed E-state index contributed by atoms with van der Waals surface area (Å²) in [6.07, 6.45) is 0. The van der Waals surface area contributed by atoms with Gasteiger partial charge >= 0.3 is 0 Å². The van der Waals surface area contributed by atoms with Crippen molar-refractivity contribution in [2.45, 2.75) is 33.7 Å². The summed E-state index contributed by atoms with van der Waals surface area (Å²) in [5, 5.41) is 12.7. The number of aromatic hydroxyl groups is 1. The summed E-state index contributed by atoms with van der Waals surface area (Å²) in [4.78, 5) is 0. The molecule has 0 aliphatic heterocycles. The summed E-state index contributed by atoms with van der Waals surface area (Å²) in [7, 11) is -2.98. The van der Waals surface area contributed by atoms with Crippen LogP contribution >= 0.6 is 0 Å². The Labute approximate surface area is 109 Å². The molecular formula is C13H21NO3S. The molecule has 0 bridgehead atoms. The Bertz CT molecular complexity index is 523. The predicted molar refractivity (Wildman–Crippen MR) is 75.0 cm³/mol. The third-order valence-corrected chi connectivity index (χ3v) is 4.78. The molecule has 1 rings (SSSR count). The van der Waals surface area contributed by atoms with Gasteiger partial charge in [-0.3, -0.25) is 0 Å². The smallest absolute Gasteiger partial charge is 0.152 e. The number of nitrogens with one attached hydrogen (secondary N) is 1. The Morgan fingerprint density at radius 3 is 2.44 bits per heavy atom. The maximum atomic E-state index is 11.5. The standard InChI is InChI=1S/C13H21NO3S/c1-5-18(16,17)8-11(4)14-12-6-10(3)13(15)7-9(12)2/h6-7,11,14-15H,5,8H2,1-4H3. The van der Waals surface area contributed by atoms with Gasteiger partial charge in [0.15, 0.2) is 9.84 Å². The number of hydrogen-bond donors (Lipinski definition) is 2. The first-order valence-electron chi connectivity index (χ1n) is 6.02. The minimum atomic E-state index is -2.98. The van der Waals surface area contributed by atoms with Crippen LogP contribution in [0.25, 0.3) is 0 Å². The van der Waals surface area contributed by atoms with Crippen molar-refractivity contribution < 1.29 is 13.5 Å². The van der Waals surface area contributed by atoms with E-state index in [1.54, 1.807) is 13.0 Å². The highest BCUT2D eigenvalue weighted by molar-refractivity contribution is 7.91. The van der Waals surface area contributed by atoms with Crippen molar-refractivity contribution >= 4 is 15.5 Å². The number of rotatable bonds is 5. The van der Waals surface area contributed by atoms with Gasteiger partial charge < -0.3 is 10.4 Å². The van der Waals surface area contributed by atoms with Crippen LogP contribution in [0.2, 0.25) is 0 Å². The van der Waals surface area contributed by atoms with Crippen LogP contribution in [0, 0.1) is 13.8 Å². The van der Waals surface area contributed by atoms with E-state index in [0.29, 0.717) is 0 Å². The molecule has 0 radical (unpaired) electrons. The summed E-state index contributed by atoms with van der Waals surface area (Å²) in [5.41, 5.74) is 2.54. The largest absolute Gasteiger partial charge is 0.508 e. The van der Waals surface area contributed by atoms with Gasteiger partial charge in [0.25, 0.3) is 0 Å². The summed E-state index contributed by atoms with van der Waals surface area (Å²) < 4.78 is 23.1. The summed E-state index contributed by atoms with van der Waals surface area (Å²) >= 11 is 0. The van der Waals surface area contributed by atoms with Gasteiger partial charge in [-0.25, -0.2) is 8.42 Å². The predicted octanol–water partition coefficient (Wildman–Crippen LogP) is 2.24. The second-order valence-electron chi connectivity index (χ2n) is 4.70. The molecule has 4 nitrogen and oxygen atoms in total. The third-order valence-electron chi connectivity index (χ3n) is 2.89. The van der Waals surface area contributed by atoms with E-state index in [4.69, 9.17) is 0 Å². The number of sulfone groups is 1. The van der Waals surface area contributed by atoms with E-state index >= 15 is 0 Å². The van der Waals surface area contributed by atoms with Crippen LogP contribution in [-0.2, 0) is 9.84 Å². The van der Waals surface area contributed by atoms with Gasteiger partial charge in [-0.15, -0.1) is 0 Å². The first-order chi connectivity index (χ1) is 8.25. The SMILES string of the molecule is CCS(=O)(=O)CC(C)Nc1cc(C)c(O)cc1C. The Balaban J connectivity index is 2.82. The first kappa shape index (κ1) is 14.8. The van der Waals surface area contributed by atoms with Crippen molar-refractivity contribution in [2.24, 2.45) is 0 Å². The molecule has 0 heterocycles. The van der Waals surface area contributed by atoms with Crippen LogP contribution in [0.15, 0.2) is 12.1 Å². The second-order valence-corrected chi connectivity index (χ2v) is 7.10. The number of aryl methyl sites for hydroxylation is 2. The Hall–Kier alpha value is -1.23. The molecule has 0 aromatic heterocycles. The molecule has 1 aromatic rings. The van der Waals surface area contributed by atoms with Gasteiger partial charge in [-0.05, 0) is 44.0 Å². The zero-order valence-electron chi connectivity index (χ0n) is 11.3. The Kier molecular flexibility index (Phi) is 4.62. The molecule has 0 fully saturated rings. The molecule has 0 aliphatic rings. The van der Waals surface area contributed by atoms with Crippen LogP contribution in [0.5, 0.6) is 5.75 Å². The van der Waals surface area contributed by atoms with E-state index in [0.717, 1.165) is 16.8 Å². The molecule has 5 heteroatoms. The van der Waals surface area contributed by atoms with E-state index in [2.05, 4.69) is 5.32 Å². The van der Waals surface area contributed by atoms with Crippen molar-refractivity contribution in [2.75, 3.05) is 16.8 Å². The molecule has 0 aliphatic carbocycles. The maximum Gasteiger partial charge on any atom is 0.152 e. The lowest BCUT2D eigenvalue weighted by atomic mass is 10.1. The number of benzene rings is 1. The Morgan fingerprint density at radius 2 is 1.89 bits per heavy atom. The monoisotopic (exact) mass is 271 g/mol. The lowest BCUT2D eigenvalue weighted by molar-refractivity contribution is 0.470. The molecule has 2 N–H and O–H groups in total. The molecule has 0 saturated heterocycles. The fraction of sp³-hybridized carbons (Fsp3) is 0.538. The summed E-state index contributed by atoms with van der Waals surface area (Å²) in [6, 6.07) is 3.36. The average Bonchev–Trinajstić information content (AvgIpc) is 2.25. The molecule has 1 aromatic carbocycles. The minimum Gasteiger partial charge on any atom is -0.508 e. The molecule has 1 atom stereocenters. The van der Waals surface area contributed by atoms with Gasteiger partial charge in [0, 0.05) is 17.5 Å². The molecule has 0 amide bonds. The lowest BCUT2D eigenvalue weighted by Crippen LogP contribution is -2.27. The molecule has 0 saturated carbocycles. The number of phenols is 1. The average molecular weight is 271 g/mol. The molecule has 102 valence electrons. The van der Waals surface area contributed by atoms with E-state index in [-0.39, 0.29) is 23.3 Å². The Morgan fingerprint density at radius 1 is 1.28 bits per heavy atom. The zero-order chi connectivity index (χ0) is 13.9. The normalized spacial score (nSPS) is 13.3. The van der Waals surface area contributed by atoms with E-state index < -0.39 is 9.84 Å². The summed E-state index contributed by atoms with van der Waals surface area (Å²) in [6.45, 7) is 7.18. The van der Waals surface area contributed by atoms with Gasteiger partial charge in [0.05, 0.1) is 5.75 Å². The number of anilines is 1. The molecular weight excluding hydrogens is 250 g/mol. The van der Waals surface area contributed by atoms with Crippen molar-refractivity contribution in [3.8, 4) is 5.75 Å². The summed E-state index contributed by atoms with van der Waals surface area (Å²) in [5.74, 6) is 0.530.